The molecule has 11 nitrogen and oxygen atoms in total. The van der Waals surface area contributed by atoms with Crippen LogP contribution < -0.4 is 15.0 Å². The van der Waals surface area contributed by atoms with Crippen molar-refractivity contribution in [3.8, 4) is 17.1 Å². The number of pyridine rings is 1. The molecule has 11 heteroatoms. The van der Waals surface area contributed by atoms with Gasteiger partial charge in [-0.15, -0.1) is 0 Å². The molecule has 0 aliphatic carbocycles. The number of benzene rings is 2. The average Bonchev–Trinajstić information content (AvgIpc) is 2.86. The number of aromatic nitrogens is 4. The van der Waals surface area contributed by atoms with Gasteiger partial charge in [0.15, 0.2) is 5.82 Å². The molecule has 2 aromatic carbocycles. The Hall–Kier alpha value is -4.38. The summed E-state index contributed by atoms with van der Waals surface area (Å²) in [5.41, 5.74) is 2.37. The van der Waals surface area contributed by atoms with Gasteiger partial charge in [0.1, 0.15) is 17.8 Å². The first-order chi connectivity index (χ1) is 16.9. The smallest absolute Gasteiger partial charge is 0.294 e. The highest BCUT2D eigenvalue weighted by Crippen LogP contribution is 2.38. The van der Waals surface area contributed by atoms with E-state index < -0.39 is 4.92 Å². The van der Waals surface area contributed by atoms with Gasteiger partial charge in [0, 0.05) is 49.4 Å². The first-order valence-corrected chi connectivity index (χ1v) is 10.9. The highest BCUT2D eigenvalue weighted by molar-refractivity contribution is 5.82. The SMILES string of the molecule is COc1cc(N(C)CCN(C)C)c([N+](=O)[O-])cc1Nc1ncnc(-c2cnc3ccccc3c2)n1. The Morgan fingerprint density at radius 2 is 1.86 bits per heavy atom. The summed E-state index contributed by atoms with van der Waals surface area (Å²) < 4.78 is 5.53. The van der Waals surface area contributed by atoms with Gasteiger partial charge in [-0.25, -0.2) is 9.97 Å². The fraction of sp³-hybridized carbons (Fsp3) is 0.250. The third-order valence-electron chi connectivity index (χ3n) is 5.45. The number of nitro groups is 1. The zero-order valence-electron chi connectivity index (χ0n) is 20.0. The molecule has 35 heavy (non-hydrogen) atoms. The fourth-order valence-electron chi connectivity index (χ4n) is 3.56. The summed E-state index contributed by atoms with van der Waals surface area (Å²) in [7, 11) is 7.23. The minimum absolute atomic E-state index is 0.0532. The largest absolute Gasteiger partial charge is 0.494 e. The lowest BCUT2D eigenvalue weighted by molar-refractivity contribution is -0.384. The van der Waals surface area contributed by atoms with Crippen LogP contribution in [0, 0.1) is 10.1 Å². The van der Waals surface area contributed by atoms with Crippen LogP contribution >= 0.6 is 0 Å². The number of nitro benzene ring substituents is 1. The number of nitrogens with zero attached hydrogens (tertiary/aromatic N) is 7. The molecule has 0 unspecified atom stereocenters. The molecule has 180 valence electrons. The van der Waals surface area contributed by atoms with E-state index in [1.165, 1.54) is 19.5 Å². The van der Waals surface area contributed by atoms with Gasteiger partial charge >= 0.3 is 0 Å². The van der Waals surface area contributed by atoms with E-state index in [-0.39, 0.29) is 11.6 Å². The minimum Gasteiger partial charge on any atom is -0.494 e. The molecule has 2 aromatic heterocycles. The van der Waals surface area contributed by atoms with Crippen molar-refractivity contribution in [1.29, 1.82) is 0 Å². The molecule has 0 aliphatic heterocycles. The molecule has 0 saturated heterocycles. The van der Waals surface area contributed by atoms with Gasteiger partial charge in [-0.2, -0.15) is 4.98 Å². The molecule has 4 rings (SSSR count). The second-order valence-electron chi connectivity index (χ2n) is 8.20. The standard InChI is InChI=1S/C24H26N8O3/c1-30(2)9-10-31(3)20-13-22(35-4)19(12-21(20)32(33)34)28-24-27-15-26-23(29-24)17-11-16-7-5-6-8-18(16)25-14-17/h5-8,11-15H,9-10H2,1-4H3,(H,26,27,28,29). The van der Waals surface area contributed by atoms with Crippen molar-refractivity contribution in [2.24, 2.45) is 0 Å². The lowest BCUT2D eigenvalue weighted by atomic mass is 10.1. The number of methoxy groups -OCH3 is 1. The van der Waals surface area contributed by atoms with Crippen LogP contribution in [0.1, 0.15) is 0 Å². The van der Waals surface area contributed by atoms with Crippen molar-refractivity contribution in [2.75, 3.05) is 51.6 Å². The van der Waals surface area contributed by atoms with Gasteiger partial charge in [0.2, 0.25) is 5.95 Å². The summed E-state index contributed by atoms with van der Waals surface area (Å²) in [6.45, 7) is 1.35. The Kier molecular flexibility index (Phi) is 6.97. The lowest BCUT2D eigenvalue weighted by Gasteiger charge is -2.22. The maximum atomic E-state index is 11.9. The van der Waals surface area contributed by atoms with Gasteiger partial charge in [0.05, 0.1) is 23.2 Å². The van der Waals surface area contributed by atoms with E-state index in [1.807, 2.05) is 61.3 Å². The molecule has 0 amide bonds. The summed E-state index contributed by atoms with van der Waals surface area (Å²) in [5.74, 6) is 1.08. The molecule has 0 radical (unpaired) electrons. The Morgan fingerprint density at radius 1 is 1.06 bits per heavy atom. The number of fused-ring (bicyclic) bond motifs is 1. The second kappa shape index (κ2) is 10.3. The summed E-state index contributed by atoms with van der Waals surface area (Å²) in [6.07, 6.45) is 3.08. The highest BCUT2D eigenvalue weighted by Gasteiger charge is 2.22. The molecular weight excluding hydrogens is 448 g/mol. The molecule has 4 aromatic rings. The lowest BCUT2D eigenvalue weighted by Crippen LogP contribution is -2.28. The van der Waals surface area contributed by atoms with E-state index in [2.05, 4.69) is 25.3 Å². The average molecular weight is 475 g/mol. The van der Waals surface area contributed by atoms with Crippen molar-refractivity contribution in [3.63, 3.8) is 0 Å². The number of rotatable bonds is 9. The van der Waals surface area contributed by atoms with E-state index in [9.17, 15) is 10.1 Å². The van der Waals surface area contributed by atoms with Crippen molar-refractivity contribution < 1.29 is 9.66 Å². The van der Waals surface area contributed by atoms with Gasteiger partial charge in [0.25, 0.3) is 5.69 Å². The molecule has 2 heterocycles. The topological polar surface area (TPSA) is 122 Å². The Balaban J connectivity index is 1.66. The summed E-state index contributed by atoms with van der Waals surface area (Å²) in [4.78, 5) is 32.7. The molecule has 1 N–H and O–H groups in total. The van der Waals surface area contributed by atoms with Crippen LogP contribution in [-0.4, -0.2) is 71.1 Å². The van der Waals surface area contributed by atoms with Crippen molar-refractivity contribution in [1.82, 2.24) is 24.8 Å². The predicted octanol–water partition coefficient (Wildman–Crippen LogP) is 3.75. The highest BCUT2D eigenvalue weighted by atomic mass is 16.6. The van der Waals surface area contributed by atoms with Crippen molar-refractivity contribution >= 4 is 33.9 Å². The normalized spacial score (nSPS) is 11.0. The van der Waals surface area contributed by atoms with Crippen molar-refractivity contribution in [2.45, 2.75) is 0 Å². The van der Waals surface area contributed by atoms with Crippen LogP contribution in [0.3, 0.4) is 0 Å². The molecule has 0 spiro atoms. The number of hydrogen-bond donors (Lipinski definition) is 1. The summed E-state index contributed by atoms with van der Waals surface area (Å²) in [6, 6.07) is 12.8. The van der Waals surface area contributed by atoms with Gasteiger partial charge in [-0.3, -0.25) is 15.1 Å². The third-order valence-corrected chi connectivity index (χ3v) is 5.45. The van der Waals surface area contributed by atoms with E-state index in [1.54, 1.807) is 12.3 Å². The predicted molar refractivity (Wildman–Crippen MR) is 135 cm³/mol. The van der Waals surface area contributed by atoms with Crippen LogP contribution in [0.25, 0.3) is 22.3 Å². The quantitative estimate of drug-likeness (QED) is 0.283. The Morgan fingerprint density at radius 3 is 2.60 bits per heavy atom. The number of anilines is 3. The molecule has 0 atom stereocenters. The fourth-order valence-corrected chi connectivity index (χ4v) is 3.56. The number of para-hydroxylation sites is 1. The van der Waals surface area contributed by atoms with Gasteiger partial charge in [-0.05, 0) is 26.2 Å². The molecule has 0 saturated carbocycles. The van der Waals surface area contributed by atoms with E-state index in [0.717, 1.165) is 23.0 Å². The number of hydrogen-bond acceptors (Lipinski definition) is 10. The van der Waals surface area contributed by atoms with Crippen LogP contribution in [0.2, 0.25) is 0 Å². The number of ether oxygens (including phenoxy) is 1. The van der Waals surface area contributed by atoms with E-state index >= 15 is 0 Å². The zero-order chi connectivity index (χ0) is 24.9. The summed E-state index contributed by atoms with van der Waals surface area (Å²) >= 11 is 0. The number of nitrogens with one attached hydrogen (secondary N) is 1. The van der Waals surface area contributed by atoms with Crippen LogP contribution in [0.15, 0.2) is 55.0 Å². The van der Waals surface area contributed by atoms with Gasteiger partial charge < -0.3 is 19.9 Å². The first-order valence-electron chi connectivity index (χ1n) is 10.9. The number of likely N-dealkylation sites (N-methyl/N-ethyl adjacent to an activating group) is 2. The van der Waals surface area contributed by atoms with E-state index in [4.69, 9.17) is 4.74 Å². The monoisotopic (exact) mass is 474 g/mol. The minimum atomic E-state index is -0.411. The molecule has 0 fully saturated rings. The third kappa shape index (κ3) is 5.41. The second-order valence-corrected chi connectivity index (χ2v) is 8.20. The van der Waals surface area contributed by atoms with E-state index in [0.29, 0.717) is 29.5 Å². The zero-order valence-corrected chi connectivity index (χ0v) is 20.0. The van der Waals surface area contributed by atoms with Gasteiger partial charge in [-0.1, -0.05) is 18.2 Å². The molecular formula is C24H26N8O3. The maximum absolute atomic E-state index is 11.9. The first kappa shape index (κ1) is 23.8. The van der Waals surface area contributed by atoms with Crippen LogP contribution in [0.5, 0.6) is 5.75 Å². The summed E-state index contributed by atoms with van der Waals surface area (Å²) in [5, 5.41) is 15.9. The molecule has 0 bridgehead atoms. The maximum Gasteiger partial charge on any atom is 0.294 e. The Labute approximate surface area is 202 Å². The Bertz CT molecular complexity index is 1360. The van der Waals surface area contributed by atoms with Crippen LogP contribution in [0.4, 0.5) is 23.0 Å². The van der Waals surface area contributed by atoms with Crippen LogP contribution in [-0.2, 0) is 0 Å². The van der Waals surface area contributed by atoms with Crippen molar-refractivity contribution in [3.05, 3.63) is 65.1 Å². The molecule has 0 aliphatic rings.